The van der Waals surface area contributed by atoms with E-state index in [-0.39, 0.29) is 19.1 Å². The number of aliphatic hydroxyl groups excluding tert-OH is 1. The first-order chi connectivity index (χ1) is 35.0. The third-order valence-electron chi connectivity index (χ3n) is 12.2. The lowest BCUT2D eigenvalue weighted by Gasteiger charge is -2.25. The van der Waals surface area contributed by atoms with Crippen molar-refractivity contribution in [2.45, 2.75) is 231 Å². The molecule has 0 spiro atoms. The molecule has 3 N–H and O–H groups in total. The second-order valence-corrected chi connectivity index (χ2v) is 21.7. The van der Waals surface area contributed by atoms with Crippen molar-refractivity contribution in [3.63, 3.8) is 0 Å². The van der Waals surface area contributed by atoms with Crippen molar-refractivity contribution in [1.29, 1.82) is 0 Å². The predicted molar refractivity (Wildman–Crippen MR) is 313 cm³/mol. The third-order valence-corrected chi connectivity index (χ3v) is 13.2. The molecule has 0 aromatic rings. The van der Waals surface area contributed by atoms with E-state index in [2.05, 4.69) is 129 Å². The van der Waals surface area contributed by atoms with Crippen LogP contribution in [0.25, 0.3) is 0 Å². The van der Waals surface area contributed by atoms with Gasteiger partial charge in [-0.3, -0.25) is 13.8 Å². The Hall–Kier alpha value is -3.10. The number of nitrogens with one attached hydrogen (secondary N) is 1. The zero-order valence-corrected chi connectivity index (χ0v) is 47.8. The molecule has 0 saturated heterocycles. The summed E-state index contributed by atoms with van der Waals surface area (Å²) in [5, 5.41) is 13.9. The third kappa shape index (κ3) is 54.7. The lowest BCUT2D eigenvalue weighted by atomic mass is 10.0. The van der Waals surface area contributed by atoms with Crippen LogP contribution in [0.4, 0.5) is 0 Å². The van der Waals surface area contributed by atoms with Gasteiger partial charge in [-0.2, -0.15) is 0 Å². The van der Waals surface area contributed by atoms with Gasteiger partial charge in [-0.1, -0.05) is 245 Å². The molecule has 0 aromatic carbocycles. The Morgan fingerprint density at radius 2 is 0.833 bits per heavy atom. The second kappa shape index (κ2) is 52.8. The molecule has 0 aliphatic heterocycles. The zero-order valence-electron chi connectivity index (χ0n) is 46.9. The summed E-state index contributed by atoms with van der Waals surface area (Å²) in [5.74, 6) is -0.200. The number of nitrogens with zero attached hydrogens (tertiary/aromatic N) is 1. The van der Waals surface area contributed by atoms with Gasteiger partial charge in [0, 0.05) is 6.42 Å². The summed E-state index contributed by atoms with van der Waals surface area (Å²) in [7, 11) is 1.54. The Morgan fingerprint density at radius 3 is 1.22 bits per heavy atom. The van der Waals surface area contributed by atoms with E-state index in [9.17, 15) is 19.4 Å². The highest BCUT2D eigenvalue weighted by molar-refractivity contribution is 7.47. The smallest absolute Gasteiger partial charge is 0.387 e. The predicted octanol–water partition coefficient (Wildman–Crippen LogP) is 17.8. The number of carbonyl (C=O) groups excluding carboxylic acids is 1. The molecule has 72 heavy (non-hydrogen) atoms. The quantitative estimate of drug-likeness (QED) is 0.0243. The monoisotopic (exact) mass is 1020 g/mol. The number of phosphoric acid groups is 1. The summed E-state index contributed by atoms with van der Waals surface area (Å²) in [6.45, 7) is 4.68. The minimum Gasteiger partial charge on any atom is -0.387 e. The number of likely N-dealkylation sites (N-methyl/N-ethyl adjacent to an activating group) is 1. The molecular weight excluding hydrogens is 912 g/mol. The summed E-state index contributed by atoms with van der Waals surface area (Å²) in [6.07, 6.45) is 78.6. The Kier molecular flexibility index (Phi) is 50.5. The van der Waals surface area contributed by atoms with E-state index < -0.39 is 20.0 Å². The highest BCUT2D eigenvalue weighted by atomic mass is 31.2. The second-order valence-electron chi connectivity index (χ2n) is 20.3. The number of carbonyl (C=O) groups is 1. The molecule has 0 heterocycles. The maximum atomic E-state index is 13.0. The first-order valence-electron chi connectivity index (χ1n) is 28.9. The maximum Gasteiger partial charge on any atom is 0.472 e. The van der Waals surface area contributed by atoms with Crippen molar-refractivity contribution in [2.24, 2.45) is 0 Å². The van der Waals surface area contributed by atoms with E-state index in [0.29, 0.717) is 17.4 Å². The standard InChI is InChI=1S/C63H109N2O6P/c1-6-8-10-12-14-16-18-20-22-24-25-26-27-28-29-30-31-32-33-34-35-36-37-38-39-41-43-45-47-49-51-53-55-57-63(67)64-61(60-71-72(68,69)70-59-58-65(3,4)5)62(66)56-54-52-50-48-46-44-42-40-23-21-19-17-15-13-11-9-7-2/h8,10,14,16,20,22,25-26,28-29,31-32,34-35,37-38,41,43,54,56,61-62,66H,6-7,9,11-13,15,17-19,21,23-24,27,30,33,36,39-40,42,44-53,55,57-60H2,1-5H3,(H-,64,67,68,69)/p+1/b10-8-,16-14-,22-20-,26-25-,29-28-,32-31-,35-34-,38-37-,43-41-,56-54+. The van der Waals surface area contributed by atoms with Gasteiger partial charge in [-0.15, -0.1) is 0 Å². The number of rotatable bonds is 51. The SMILES string of the molecule is CC/C=C\C/C=C\C/C=C\C/C=C\C/C=C\C/C=C\C/C=C\C/C=C\C/C=C\CCCCCCCC(=O)NC(COP(=O)(O)OCC[N+](C)(C)C)C(O)/C=C/CCCCCCCCCCCCCCCCC. The van der Waals surface area contributed by atoms with Crippen LogP contribution < -0.4 is 5.32 Å². The number of hydrogen-bond acceptors (Lipinski definition) is 5. The summed E-state index contributed by atoms with van der Waals surface area (Å²) < 4.78 is 23.7. The van der Waals surface area contributed by atoms with Crippen LogP contribution in [0, 0.1) is 0 Å². The molecular formula is C63H110N2O6P+. The van der Waals surface area contributed by atoms with Gasteiger partial charge in [0.2, 0.25) is 5.91 Å². The first-order valence-corrected chi connectivity index (χ1v) is 30.4. The van der Waals surface area contributed by atoms with Crippen LogP contribution in [-0.2, 0) is 18.4 Å². The molecule has 0 aliphatic rings. The normalized spacial score (nSPS) is 14.8. The van der Waals surface area contributed by atoms with Gasteiger partial charge in [-0.05, 0) is 89.9 Å². The van der Waals surface area contributed by atoms with Gasteiger partial charge in [-0.25, -0.2) is 4.57 Å². The van der Waals surface area contributed by atoms with E-state index >= 15 is 0 Å². The van der Waals surface area contributed by atoms with E-state index in [1.165, 1.54) is 83.5 Å². The van der Waals surface area contributed by atoms with Crippen molar-refractivity contribution < 1.29 is 32.9 Å². The van der Waals surface area contributed by atoms with Crippen LogP contribution >= 0.6 is 7.82 Å². The van der Waals surface area contributed by atoms with E-state index in [1.54, 1.807) is 6.08 Å². The molecule has 9 heteroatoms. The molecule has 0 bridgehead atoms. The average molecular weight is 1020 g/mol. The highest BCUT2D eigenvalue weighted by Gasteiger charge is 2.27. The van der Waals surface area contributed by atoms with E-state index in [1.807, 2.05) is 27.2 Å². The number of phosphoric ester groups is 1. The highest BCUT2D eigenvalue weighted by Crippen LogP contribution is 2.43. The summed E-state index contributed by atoms with van der Waals surface area (Å²) in [4.78, 5) is 23.3. The number of allylic oxidation sites excluding steroid dienone is 19. The Labute approximate surface area is 444 Å². The Morgan fingerprint density at radius 1 is 0.486 bits per heavy atom. The largest absolute Gasteiger partial charge is 0.472 e. The number of unbranched alkanes of at least 4 members (excludes halogenated alkanes) is 20. The van der Waals surface area contributed by atoms with Gasteiger partial charge in [0.15, 0.2) is 0 Å². The summed E-state index contributed by atoms with van der Waals surface area (Å²) >= 11 is 0. The molecule has 8 nitrogen and oxygen atoms in total. The van der Waals surface area contributed by atoms with Crippen molar-refractivity contribution in [2.75, 3.05) is 40.9 Å². The summed E-state index contributed by atoms with van der Waals surface area (Å²) in [5.41, 5.74) is 0. The van der Waals surface area contributed by atoms with Gasteiger partial charge in [0.05, 0.1) is 39.9 Å². The number of amides is 1. The minimum atomic E-state index is -4.36. The first kappa shape index (κ1) is 68.9. The number of aliphatic hydroxyl groups is 1. The van der Waals surface area contributed by atoms with Gasteiger partial charge < -0.3 is 19.8 Å². The van der Waals surface area contributed by atoms with Crippen molar-refractivity contribution >= 4 is 13.7 Å². The fraction of sp³-hybridized carbons (Fsp3) is 0.667. The van der Waals surface area contributed by atoms with Gasteiger partial charge >= 0.3 is 7.82 Å². The molecule has 412 valence electrons. The fourth-order valence-electron chi connectivity index (χ4n) is 7.68. The van der Waals surface area contributed by atoms with E-state index in [4.69, 9.17) is 9.05 Å². The van der Waals surface area contributed by atoms with Crippen LogP contribution in [0.1, 0.15) is 219 Å². The lowest BCUT2D eigenvalue weighted by Crippen LogP contribution is -2.45. The topological polar surface area (TPSA) is 105 Å². The molecule has 0 aromatic heterocycles. The van der Waals surface area contributed by atoms with Gasteiger partial charge in [0.1, 0.15) is 13.2 Å². The molecule has 0 saturated carbocycles. The lowest BCUT2D eigenvalue weighted by molar-refractivity contribution is -0.870. The number of hydrogen-bond donors (Lipinski definition) is 3. The van der Waals surface area contributed by atoms with Crippen LogP contribution in [0.5, 0.6) is 0 Å². The van der Waals surface area contributed by atoms with Crippen LogP contribution in [0.3, 0.4) is 0 Å². The Bertz CT molecular complexity index is 1580. The van der Waals surface area contributed by atoms with Crippen LogP contribution in [0.15, 0.2) is 122 Å². The molecule has 0 radical (unpaired) electrons. The fourth-order valence-corrected chi connectivity index (χ4v) is 8.42. The molecule has 3 atom stereocenters. The molecule has 0 rings (SSSR count). The zero-order chi connectivity index (χ0) is 52.7. The van der Waals surface area contributed by atoms with Crippen molar-refractivity contribution in [3.8, 4) is 0 Å². The Balaban J connectivity index is 4.28. The van der Waals surface area contributed by atoms with Crippen molar-refractivity contribution in [3.05, 3.63) is 122 Å². The maximum absolute atomic E-state index is 13.0. The van der Waals surface area contributed by atoms with Crippen LogP contribution in [0.2, 0.25) is 0 Å². The van der Waals surface area contributed by atoms with E-state index in [0.717, 1.165) is 116 Å². The number of quaternary nitrogens is 1. The summed E-state index contributed by atoms with van der Waals surface area (Å²) in [6, 6.07) is -0.866. The molecule has 0 aliphatic carbocycles. The molecule has 1 amide bonds. The molecule has 3 unspecified atom stereocenters. The molecule has 0 fully saturated rings. The van der Waals surface area contributed by atoms with Gasteiger partial charge in [0.25, 0.3) is 0 Å². The van der Waals surface area contributed by atoms with Crippen molar-refractivity contribution in [1.82, 2.24) is 5.32 Å². The average Bonchev–Trinajstić information content (AvgIpc) is 3.34. The minimum absolute atomic E-state index is 0.0510. The van der Waals surface area contributed by atoms with Crippen LogP contribution in [-0.4, -0.2) is 73.4 Å².